The number of rotatable bonds is 5. The van der Waals surface area contributed by atoms with Crippen LogP contribution < -0.4 is 5.56 Å². The Morgan fingerprint density at radius 2 is 2.12 bits per heavy atom. The molecule has 1 aromatic carbocycles. The summed E-state index contributed by atoms with van der Waals surface area (Å²) in [4.78, 5) is 32.1. The second kappa shape index (κ2) is 7.59. The third kappa shape index (κ3) is 3.29. The fraction of sp³-hybridized carbons (Fsp3) is 0.222. The van der Waals surface area contributed by atoms with Crippen LogP contribution in [0.2, 0.25) is 0 Å². The van der Waals surface area contributed by atoms with Crippen LogP contribution in [0, 0.1) is 4.77 Å². The number of aromatic amines is 1. The summed E-state index contributed by atoms with van der Waals surface area (Å²) < 4.78 is 11.7. The summed E-state index contributed by atoms with van der Waals surface area (Å²) in [7, 11) is 2.85. The van der Waals surface area contributed by atoms with E-state index in [0.29, 0.717) is 22.2 Å². The Bertz CT molecular complexity index is 1060. The summed E-state index contributed by atoms with van der Waals surface area (Å²) in [5.41, 5.74) is 1.19. The minimum Gasteiger partial charge on any atom is -0.465 e. The molecule has 0 aliphatic heterocycles. The average Bonchev–Trinajstić information content (AvgIpc) is 2.66. The highest BCUT2D eigenvalue weighted by Gasteiger charge is 2.20. The van der Waals surface area contributed by atoms with E-state index in [2.05, 4.69) is 9.97 Å². The Kier molecular flexibility index (Phi) is 5.24. The van der Waals surface area contributed by atoms with E-state index in [-0.39, 0.29) is 16.9 Å². The zero-order valence-corrected chi connectivity index (χ0v) is 15.1. The van der Waals surface area contributed by atoms with Gasteiger partial charge in [-0.15, -0.1) is 0 Å². The maximum absolute atomic E-state index is 13.1. The van der Waals surface area contributed by atoms with Crippen LogP contribution in [-0.2, 0) is 9.47 Å². The zero-order valence-electron chi connectivity index (χ0n) is 14.3. The molecule has 1 N–H and O–H groups in total. The SMILES string of the molecule is COCC(c1ccccn1)n1c(=S)[nH]c2cc(C(=O)OC)ccc2c1=O. The van der Waals surface area contributed by atoms with E-state index in [9.17, 15) is 9.59 Å². The molecule has 0 saturated carbocycles. The fourth-order valence-corrected chi connectivity index (χ4v) is 3.10. The lowest BCUT2D eigenvalue weighted by atomic mass is 10.1. The molecule has 2 heterocycles. The van der Waals surface area contributed by atoms with Gasteiger partial charge < -0.3 is 14.5 Å². The summed E-state index contributed by atoms with van der Waals surface area (Å²) in [6.45, 7) is 0.236. The lowest BCUT2D eigenvalue weighted by molar-refractivity contribution is 0.0601. The number of hydrogen-bond donors (Lipinski definition) is 1. The number of esters is 1. The summed E-state index contributed by atoms with van der Waals surface area (Å²) >= 11 is 5.40. The van der Waals surface area contributed by atoms with Gasteiger partial charge >= 0.3 is 5.97 Å². The maximum atomic E-state index is 13.1. The predicted octanol–water partition coefficient (Wildman–Crippen LogP) is 2.48. The molecule has 0 aliphatic carbocycles. The van der Waals surface area contributed by atoms with Crippen molar-refractivity contribution in [2.24, 2.45) is 0 Å². The second-order valence-electron chi connectivity index (χ2n) is 5.58. The number of aromatic nitrogens is 3. The van der Waals surface area contributed by atoms with E-state index in [1.54, 1.807) is 37.6 Å². The number of pyridine rings is 1. The van der Waals surface area contributed by atoms with Gasteiger partial charge in [-0.25, -0.2) is 4.79 Å². The first-order valence-electron chi connectivity index (χ1n) is 7.83. The van der Waals surface area contributed by atoms with Gasteiger partial charge in [0.05, 0.1) is 35.9 Å². The molecule has 0 spiro atoms. The van der Waals surface area contributed by atoms with Crippen molar-refractivity contribution < 1.29 is 14.3 Å². The molecule has 1 atom stereocenters. The largest absolute Gasteiger partial charge is 0.465 e. The van der Waals surface area contributed by atoms with Gasteiger partial charge in [0.15, 0.2) is 4.77 Å². The standard InChI is InChI=1S/C18H17N3O4S/c1-24-10-15(13-5-3-4-8-19-13)21-16(22)12-7-6-11(17(23)25-2)9-14(12)20-18(21)26/h3-9,15H,10H2,1-2H3,(H,20,26). The molecule has 3 rings (SSSR count). The number of benzene rings is 1. The van der Waals surface area contributed by atoms with Crippen LogP contribution in [0.15, 0.2) is 47.4 Å². The van der Waals surface area contributed by atoms with Crippen molar-refractivity contribution in [1.82, 2.24) is 14.5 Å². The number of methoxy groups -OCH3 is 2. The smallest absolute Gasteiger partial charge is 0.337 e. The van der Waals surface area contributed by atoms with Crippen molar-refractivity contribution in [1.29, 1.82) is 0 Å². The first-order valence-corrected chi connectivity index (χ1v) is 8.24. The second-order valence-corrected chi connectivity index (χ2v) is 5.97. The highest BCUT2D eigenvalue weighted by Crippen LogP contribution is 2.18. The van der Waals surface area contributed by atoms with Crippen LogP contribution >= 0.6 is 12.2 Å². The number of ether oxygens (including phenoxy) is 2. The predicted molar refractivity (Wildman–Crippen MR) is 99.0 cm³/mol. The molecule has 3 aromatic rings. The topological polar surface area (TPSA) is 86.2 Å². The Balaban J connectivity index is 2.21. The van der Waals surface area contributed by atoms with Crippen molar-refractivity contribution in [3.8, 4) is 0 Å². The molecular formula is C18H17N3O4S. The highest BCUT2D eigenvalue weighted by atomic mass is 32.1. The van der Waals surface area contributed by atoms with E-state index in [1.165, 1.54) is 11.7 Å². The summed E-state index contributed by atoms with van der Waals surface area (Å²) in [5.74, 6) is -0.485. The quantitative estimate of drug-likeness (QED) is 0.548. The highest BCUT2D eigenvalue weighted by molar-refractivity contribution is 7.71. The fourth-order valence-electron chi connectivity index (χ4n) is 2.78. The summed E-state index contributed by atoms with van der Waals surface area (Å²) in [6, 6.07) is 9.65. The minimum atomic E-state index is -0.485. The molecular weight excluding hydrogens is 354 g/mol. The van der Waals surface area contributed by atoms with Gasteiger partial charge in [-0.1, -0.05) is 6.07 Å². The molecule has 0 bridgehead atoms. The van der Waals surface area contributed by atoms with Crippen LogP contribution in [0.25, 0.3) is 10.9 Å². The molecule has 0 amide bonds. The number of fused-ring (bicyclic) bond motifs is 1. The zero-order chi connectivity index (χ0) is 18.7. The van der Waals surface area contributed by atoms with Gasteiger partial charge in [0, 0.05) is 13.3 Å². The van der Waals surface area contributed by atoms with Crippen molar-refractivity contribution in [2.45, 2.75) is 6.04 Å². The van der Waals surface area contributed by atoms with Crippen molar-refractivity contribution in [3.63, 3.8) is 0 Å². The van der Waals surface area contributed by atoms with Crippen molar-refractivity contribution >= 4 is 29.1 Å². The van der Waals surface area contributed by atoms with Crippen LogP contribution in [0.4, 0.5) is 0 Å². The molecule has 2 aromatic heterocycles. The normalized spacial score (nSPS) is 12.1. The third-order valence-electron chi connectivity index (χ3n) is 4.02. The van der Waals surface area contributed by atoms with Gasteiger partial charge in [-0.3, -0.25) is 14.3 Å². The van der Waals surface area contributed by atoms with Crippen LogP contribution in [-0.4, -0.2) is 41.3 Å². The van der Waals surface area contributed by atoms with E-state index in [0.717, 1.165) is 0 Å². The van der Waals surface area contributed by atoms with E-state index in [4.69, 9.17) is 21.7 Å². The van der Waals surface area contributed by atoms with Gasteiger partial charge in [0.1, 0.15) is 6.04 Å². The molecule has 26 heavy (non-hydrogen) atoms. The van der Waals surface area contributed by atoms with Crippen molar-refractivity contribution in [3.05, 3.63) is 69.0 Å². The Morgan fingerprint density at radius 1 is 1.31 bits per heavy atom. The van der Waals surface area contributed by atoms with Gasteiger partial charge in [0.2, 0.25) is 0 Å². The van der Waals surface area contributed by atoms with Gasteiger partial charge in [-0.2, -0.15) is 0 Å². The van der Waals surface area contributed by atoms with Gasteiger partial charge in [-0.05, 0) is 42.5 Å². The van der Waals surface area contributed by atoms with E-state index >= 15 is 0 Å². The number of carbonyl (C=O) groups excluding carboxylic acids is 1. The van der Waals surface area contributed by atoms with Crippen LogP contribution in [0.5, 0.6) is 0 Å². The minimum absolute atomic E-state index is 0.220. The third-order valence-corrected chi connectivity index (χ3v) is 4.31. The first kappa shape index (κ1) is 18.0. The molecule has 0 saturated heterocycles. The van der Waals surface area contributed by atoms with Crippen LogP contribution in [0.3, 0.4) is 0 Å². The number of H-pyrrole nitrogens is 1. The Hall–Kier alpha value is -2.84. The van der Waals surface area contributed by atoms with E-state index in [1.807, 2.05) is 12.1 Å². The van der Waals surface area contributed by atoms with E-state index < -0.39 is 12.0 Å². The number of hydrogen-bond acceptors (Lipinski definition) is 6. The maximum Gasteiger partial charge on any atom is 0.337 e. The van der Waals surface area contributed by atoms with Gasteiger partial charge in [0.25, 0.3) is 5.56 Å². The molecule has 0 radical (unpaired) electrons. The first-order chi connectivity index (χ1) is 12.6. The molecule has 0 fully saturated rings. The molecule has 134 valence electrons. The molecule has 8 heteroatoms. The Morgan fingerprint density at radius 3 is 2.77 bits per heavy atom. The lowest BCUT2D eigenvalue weighted by Gasteiger charge is -2.19. The van der Waals surface area contributed by atoms with Crippen LogP contribution in [0.1, 0.15) is 22.1 Å². The summed E-state index contributed by atoms with van der Waals surface area (Å²) in [6.07, 6.45) is 1.65. The molecule has 7 nitrogen and oxygen atoms in total. The number of nitrogens with one attached hydrogen (secondary N) is 1. The number of nitrogens with zero attached hydrogens (tertiary/aromatic N) is 2. The monoisotopic (exact) mass is 371 g/mol. The number of carbonyl (C=O) groups is 1. The van der Waals surface area contributed by atoms with Crippen molar-refractivity contribution in [2.75, 3.05) is 20.8 Å². The average molecular weight is 371 g/mol. The summed E-state index contributed by atoms with van der Waals surface area (Å²) in [5, 5.41) is 0.406. The molecule has 1 unspecified atom stereocenters. The molecule has 0 aliphatic rings. The Labute approximate surface area is 154 Å². The lowest BCUT2D eigenvalue weighted by Crippen LogP contribution is -2.30.